The Morgan fingerprint density at radius 2 is 1.93 bits per heavy atom. The van der Waals surface area contributed by atoms with Gasteiger partial charge in [0.2, 0.25) is 11.7 Å². The van der Waals surface area contributed by atoms with Crippen molar-refractivity contribution in [1.82, 2.24) is 30.4 Å². The minimum Gasteiger partial charge on any atom is -0.473 e. The second kappa shape index (κ2) is 10.7. The summed E-state index contributed by atoms with van der Waals surface area (Å²) in [7, 11) is 0. The lowest BCUT2D eigenvalue weighted by atomic mass is 9.74. The van der Waals surface area contributed by atoms with Gasteiger partial charge in [-0.2, -0.15) is 18.4 Å². The summed E-state index contributed by atoms with van der Waals surface area (Å²) in [6.45, 7) is 6.29. The molecule has 2 fully saturated rings. The Morgan fingerprint density at radius 1 is 1.12 bits per heavy atom. The van der Waals surface area contributed by atoms with E-state index in [1.807, 2.05) is 12.1 Å². The van der Waals surface area contributed by atoms with Crippen molar-refractivity contribution in [2.24, 2.45) is 11.3 Å². The standard InChI is InChI=1S/C30H35F3N6O2/c1-19(2)29(28(40)39-17-23-15-24(30(31,32)33)6-7-26(23)41-18-39)11-8-25(16-29)38-12-9-20(10-13-38)21-4-3-5-22(14-21)27-34-36-37-35-27/h3-7,14-15,19-20,25H,8-13,16-18H2,1-2H3,(H,34,35,36,37)/t25-,29+/m1/s1. The van der Waals surface area contributed by atoms with Gasteiger partial charge in [0.1, 0.15) is 5.75 Å². The highest BCUT2D eigenvalue weighted by Gasteiger charge is 2.51. The Morgan fingerprint density at radius 3 is 2.63 bits per heavy atom. The molecule has 3 aromatic rings. The Balaban J connectivity index is 1.11. The van der Waals surface area contributed by atoms with Gasteiger partial charge in [-0.3, -0.25) is 4.79 Å². The molecule has 1 aromatic heterocycles. The number of aromatic nitrogens is 4. The topological polar surface area (TPSA) is 87.2 Å². The van der Waals surface area contributed by atoms with Gasteiger partial charge in [-0.15, -0.1) is 10.2 Å². The van der Waals surface area contributed by atoms with Crippen LogP contribution in [0.3, 0.4) is 0 Å². The number of piperidine rings is 1. The maximum absolute atomic E-state index is 14.0. The molecule has 6 rings (SSSR count). The SMILES string of the molecule is CC(C)[C@]1(C(=O)N2COc3ccc(C(F)(F)F)cc3C2)CC[C@@H](N2CCC(c3cccc(-c4nn[nH]n4)c3)CC2)C1. The van der Waals surface area contributed by atoms with Crippen molar-refractivity contribution in [1.29, 1.82) is 0 Å². The van der Waals surface area contributed by atoms with Crippen LogP contribution in [0.2, 0.25) is 0 Å². The van der Waals surface area contributed by atoms with Crippen molar-refractivity contribution in [2.45, 2.75) is 70.6 Å². The fourth-order valence-electron chi connectivity index (χ4n) is 7.00. The van der Waals surface area contributed by atoms with E-state index in [1.165, 1.54) is 11.6 Å². The van der Waals surface area contributed by atoms with Gasteiger partial charge < -0.3 is 14.5 Å². The Kier molecular flexibility index (Phi) is 7.25. The van der Waals surface area contributed by atoms with E-state index in [2.05, 4.69) is 51.5 Å². The van der Waals surface area contributed by atoms with Gasteiger partial charge in [0.15, 0.2) is 6.73 Å². The number of alkyl halides is 3. The van der Waals surface area contributed by atoms with Crippen molar-refractivity contribution < 1.29 is 22.7 Å². The summed E-state index contributed by atoms with van der Waals surface area (Å²) in [5, 5.41) is 14.4. The molecule has 1 saturated carbocycles. The number of nitrogens with zero attached hydrogens (tertiary/aromatic N) is 5. The molecule has 2 aromatic carbocycles. The van der Waals surface area contributed by atoms with Crippen LogP contribution in [0, 0.1) is 11.3 Å². The number of tetrazole rings is 1. The molecule has 41 heavy (non-hydrogen) atoms. The number of aromatic amines is 1. The molecule has 1 amide bonds. The van der Waals surface area contributed by atoms with E-state index in [0.717, 1.165) is 62.9 Å². The molecule has 3 heterocycles. The van der Waals surface area contributed by atoms with Gasteiger partial charge in [0, 0.05) is 17.2 Å². The van der Waals surface area contributed by atoms with Gasteiger partial charge in [-0.1, -0.05) is 32.0 Å². The van der Waals surface area contributed by atoms with E-state index < -0.39 is 17.2 Å². The molecule has 11 heteroatoms. The highest BCUT2D eigenvalue weighted by atomic mass is 19.4. The number of rotatable bonds is 5. The van der Waals surface area contributed by atoms with Crippen LogP contribution in [0.1, 0.15) is 68.6 Å². The molecule has 3 aliphatic rings. The van der Waals surface area contributed by atoms with Crippen LogP contribution in [-0.4, -0.2) is 62.2 Å². The summed E-state index contributed by atoms with van der Waals surface area (Å²) < 4.78 is 45.7. The number of halogens is 3. The number of carbonyl (C=O) groups excluding carboxylic acids is 1. The van der Waals surface area contributed by atoms with Crippen LogP contribution in [0.25, 0.3) is 11.4 Å². The summed E-state index contributed by atoms with van der Waals surface area (Å²) in [5.41, 5.74) is 1.36. The highest BCUT2D eigenvalue weighted by molar-refractivity contribution is 5.83. The second-order valence-corrected chi connectivity index (χ2v) is 12.0. The number of benzene rings is 2. The number of carbonyl (C=O) groups is 1. The van der Waals surface area contributed by atoms with Crippen LogP contribution < -0.4 is 4.74 Å². The van der Waals surface area contributed by atoms with Gasteiger partial charge in [-0.05, 0) is 92.1 Å². The van der Waals surface area contributed by atoms with Crippen molar-refractivity contribution in [3.8, 4) is 17.1 Å². The third-order valence-corrected chi connectivity index (χ3v) is 9.47. The monoisotopic (exact) mass is 568 g/mol. The molecule has 2 atom stereocenters. The molecule has 0 unspecified atom stereocenters. The fourth-order valence-corrected chi connectivity index (χ4v) is 7.00. The highest BCUT2D eigenvalue weighted by Crippen LogP contribution is 2.49. The summed E-state index contributed by atoms with van der Waals surface area (Å²) in [5.74, 6) is 1.55. The average molecular weight is 569 g/mol. The number of likely N-dealkylation sites (tertiary alicyclic amines) is 1. The first kappa shape index (κ1) is 27.7. The third-order valence-electron chi connectivity index (χ3n) is 9.47. The third kappa shape index (κ3) is 5.31. The smallest absolute Gasteiger partial charge is 0.416 e. The minimum atomic E-state index is -4.44. The number of hydrogen-bond donors (Lipinski definition) is 1. The number of hydrogen-bond acceptors (Lipinski definition) is 6. The second-order valence-electron chi connectivity index (χ2n) is 12.0. The lowest BCUT2D eigenvalue weighted by Crippen LogP contribution is -2.49. The number of ether oxygens (including phenoxy) is 1. The maximum Gasteiger partial charge on any atom is 0.416 e. The first-order chi connectivity index (χ1) is 19.6. The fraction of sp³-hybridized carbons (Fsp3) is 0.533. The number of amides is 1. The molecule has 1 aliphatic carbocycles. The van der Waals surface area contributed by atoms with Crippen molar-refractivity contribution in [3.63, 3.8) is 0 Å². The van der Waals surface area contributed by atoms with Crippen LogP contribution in [0.4, 0.5) is 13.2 Å². The van der Waals surface area contributed by atoms with Crippen molar-refractivity contribution in [3.05, 3.63) is 59.2 Å². The van der Waals surface area contributed by atoms with Crippen molar-refractivity contribution in [2.75, 3.05) is 19.8 Å². The maximum atomic E-state index is 14.0. The normalized spacial score (nSPS) is 24.0. The summed E-state index contributed by atoms with van der Waals surface area (Å²) >= 11 is 0. The number of nitrogens with one attached hydrogen (secondary N) is 1. The predicted molar refractivity (Wildman–Crippen MR) is 146 cm³/mol. The van der Waals surface area contributed by atoms with Gasteiger partial charge in [0.25, 0.3) is 0 Å². The zero-order valence-corrected chi connectivity index (χ0v) is 23.3. The molecule has 1 saturated heterocycles. The number of fused-ring (bicyclic) bond motifs is 1. The Bertz CT molecular complexity index is 1390. The molecule has 218 valence electrons. The number of H-pyrrole nitrogens is 1. The average Bonchev–Trinajstić information content (AvgIpc) is 3.68. The molecular formula is C30H35F3N6O2. The van der Waals surface area contributed by atoms with Gasteiger partial charge in [-0.25, -0.2) is 0 Å². The van der Waals surface area contributed by atoms with Crippen LogP contribution in [0.5, 0.6) is 5.75 Å². The quantitative estimate of drug-likeness (QED) is 0.429. The van der Waals surface area contributed by atoms with Gasteiger partial charge >= 0.3 is 6.18 Å². The molecule has 1 N–H and O–H groups in total. The summed E-state index contributed by atoms with van der Waals surface area (Å²) in [4.78, 5) is 18.2. The van der Waals surface area contributed by atoms with Crippen LogP contribution in [0.15, 0.2) is 42.5 Å². The lowest BCUT2D eigenvalue weighted by molar-refractivity contribution is -0.150. The van der Waals surface area contributed by atoms with E-state index >= 15 is 0 Å². The molecule has 2 aliphatic heterocycles. The summed E-state index contributed by atoms with van der Waals surface area (Å²) in [6.07, 6.45) is 0.0927. The predicted octanol–water partition coefficient (Wildman–Crippen LogP) is 5.64. The zero-order valence-electron chi connectivity index (χ0n) is 23.3. The largest absolute Gasteiger partial charge is 0.473 e. The molecule has 0 bridgehead atoms. The first-order valence-corrected chi connectivity index (χ1v) is 14.3. The Hall–Kier alpha value is -3.47. The summed E-state index contributed by atoms with van der Waals surface area (Å²) in [6, 6.07) is 12.2. The van der Waals surface area contributed by atoms with Crippen LogP contribution in [-0.2, 0) is 17.5 Å². The lowest BCUT2D eigenvalue weighted by Gasteiger charge is -2.41. The zero-order chi connectivity index (χ0) is 28.8. The Labute approximate surface area is 237 Å². The molecule has 0 radical (unpaired) electrons. The van der Waals surface area contributed by atoms with E-state index in [1.54, 1.807) is 4.90 Å². The van der Waals surface area contributed by atoms with E-state index in [0.29, 0.717) is 29.1 Å². The molecular weight excluding hydrogens is 533 g/mol. The van der Waals surface area contributed by atoms with E-state index in [4.69, 9.17) is 4.74 Å². The molecule has 0 spiro atoms. The van der Waals surface area contributed by atoms with E-state index in [-0.39, 0.29) is 25.1 Å². The minimum absolute atomic E-state index is 0.00812. The van der Waals surface area contributed by atoms with Gasteiger partial charge in [0.05, 0.1) is 17.5 Å². The first-order valence-electron chi connectivity index (χ1n) is 14.3. The van der Waals surface area contributed by atoms with Crippen LogP contribution >= 0.6 is 0 Å². The molecule has 8 nitrogen and oxygen atoms in total. The van der Waals surface area contributed by atoms with E-state index in [9.17, 15) is 18.0 Å². The van der Waals surface area contributed by atoms with Crippen molar-refractivity contribution >= 4 is 5.91 Å².